The van der Waals surface area contributed by atoms with Gasteiger partial charge in [0.25, 0.3) is 5.91 Å². The Bertz CT molecular complexity index is 888. The van der Waals surface area contributed by atoms with E-state index >= 15 is 0 Å². The van der Waals surface area contributed by atoms with Crippen LogP contribution in [0.2, 0.25) is 0 Å². The molecule has 0 aliphatic carbocycles. The van der Waals surface area contributed by atoms with E-state index in [9.17, 15) is 14.4 Å². The number of esters is 1. The van der Waals surface area contributed by atoms with E-state index in [1.54, 1.807) is 38.5 Å². The molecule has 0 heterocycles. The second-order valence-corrected chi connectivity index (χ2v) is 7.67. The second-order valence-electron chi connectivity index (χ2n) is 6.65. The number of rotatable bonds is 13. The molecular formula is C23H28N2O6S. The summed E-state index contributed by atoms with van der Waals surface area (Å²) in [5.74, 6) is -0.228. The second kappa shape index (κ2) is 14.1. The molecule has 0 aliphatic rings. The van der Waals surface area contributed by atoms with Gasteiger partial charge in [-0.1, -0.05) is 24.3 Å². The van der Waals surface area contributed by atoms with Gasteiger partial charge in [-0.3, -0.25) is 9.59 Å². The smallest absolute Gasteiger partial charge is 0.339 e. The van der Waals surface area contributed by atoms with Gasteiger partial charge in [-0.2, -0.15) is 0 Å². The van der Waals surface area contributed by atoms with Crippen molar-refractivity contribution in [3.05, 3.63) is 59.7 Å². The lowest BCUT2D eigenvalue weighted by atomic mass is 10.1. The minimum Gasteiger partial charge on any atom is -0.497 e. The summed E-state index contributed by atoms with van der Waals surface area (Å²) in [4.78, 5) is 36.9. The van der Waals surface area contributed by atoms with Gasteiger partial charge in [0.1, 0.15) is 5.75 Å². The number of benzene rings is 2. The Hall–Kier alpha value is -3.04. The number of carbonyl (C=O) groups excluding carboxylic acids is 3. The Morgan fingerprint density at radius 1 is 0.906 bits per heavy atom. The molecule has 2 aromatic carbocycles. The van der Waals surface area contributed by atoms with Crippen LogP contribution < -0.4 is 15.4 Å². The third-order valence-corrected chi connectivity index (χ3v) is 5.40. The molecule has 0 radical (unpaired) electrons. The van der Waals surface area contributed by atoms with Crippen LogP contribution in [0, 0.1) is 0 Å². The number of nitrogens with one attached hydrogen (secondary N) is 2. The van der Waals surface area contributed by atoms with Gasteiger partial charge >= 0.3 is 5.97 Å². The van der Waals surface area contributed by atoms with Crippen molar-refractivity contribution in [3.63, 3.8) is 0 Å². The molecule has 2 aromatic rings. The highest BCUT2D eigenvalue weighted by atomic mass is 32.2. The van der Waals surface area contributed by atoms with E-state index in [0.717, 1.165) is 11.3 Å². The average molecular weight is 461 g/mol. The maximum atomic E-state index is 12.4. The number of carbonyl (C=O) groups is 3. The predicted molar refractivity (Wildman–Crippen MR) is 122 cm³/mol. The van der Waals surface area contributed by atoms with Crippen molar-refractivity contribution >= 4 is 29.5 Å². The average Bonchev–Trinajstić information content (AvgIpc) is 2.82. The molecule has 0 atom stereocenters. The van der Waals surface area contributed by atoms with Crippen LogP contribution in [0.3, 0.4) is 0 Å². The molecule has 2 amide bonds. The number of methoxy groups -OCH3 is 2. The van der Waals surface area contributed by atoms with E-state index in [1.165, 1.54) is 11.8 Å². The molecule has 0 saturated carbocycles. The Balaban J connectivity index is 1.75. The van der Waals surface area contributed by atoms with Crippen LogP contribution in [0.1, 0.15) is 15.9 Å². The number of ether oxygens (including phenoxy) is 3. The van der Waals surface area contributed by atoms with Gasteiger partial charge in [0.15, 0.2) is 6.61 Å². The predicted octanol–water partition coefficient (Wildman–Crippen LogP) is 2.07. The first-order valence-corrected chi connectivity index (χ1v) is 11.1. The fraction of sp³-hybridized carbons (Fsp3) is 0.348. The first kappa shape index (κ1) is 25.2. The lowest BCUT2D eigenvalue weighted by molar-refractivity contribution is -0.124. The summed E-state index contributed by atoms with van der Waals surface area (Å²) >= 11 is 1.23. The van der Waals surface area contributed by atoms with Crippen molar-refractivity contribution in [2.24, 2.45) is 0 Å². The monoisotopic (exact) mass is 460 g/mol. The van der Waals surface area contributed by atoms with Gasteiger partial charge in [0.2, 0.25) is 5.91 Å². The summed E-state index contributed by atoms with van der Waals surface area (Å²) in [5.41, 5.74) is 1.37. The topological polar surface area (TPSA) is 103 Å². The maximum Gasteiger partial charge on any atom is 0.339 e. The van der Waals surface area contributed by atoms with E-state index in [-0.39, 0.29) is 24.2 Å². The van der Waals surface area contributed by atoms with Crippen LogP contribution in [-0.2, 0) is 25.5 Å². The zero-order chi connectivity index (χ0) is 23.2. The van der Waals surface area contributed by atoms with Crippen molar-refractivity contribution in [3.8, 4) is 5.75 Å². The van der Waals surface area contributed by atoms with Crippen molar-refractivity contribution in [1.29, 1.82) is 0 Å². The van der Waals surface area contributed by atoms with Crippen molar-refractivity contribution in [2.75, 3.05) is 46.3 Å². The molecule has 0 unspecified atom stereocenters. The Labute approximate surface area is 192 Å². The molecule has 32 heavy (non-hydrogen) atoms. The van der Waals surface area contributed by atoms with Crippen LogP contribution in [0.25, 0.3) is 0 Å². The number of hydrogen-bond acceptors (Lipinski definition) is 7. The van der Waals surface area contributed by atoms with Gasteiger partial charge < -0.3 is 24.8 Å². The lowest BCUT2D eigenvalue weighted by Crippen LogP contribution is -2.30. The molecule has 9 heteroatoms. The fourth-order valence-electron chi connectivity index (χ4n) is 2.65. The number of hydrogen-bond donors (Lipinski definition) is 2. The zero-order valence-electron chi connectivity index (χ0n) is 18.2. The summed E-state index contributed by atoms with van der Waals surface area (Å²) < 4.78 is 15.2. The van der Waals surface area contributed by atoms with Crippen LogP contribution in [0.15, 0.2) is 53.4 Å². The molecule has 8 nitrogen and oxygen atoms in total. The molecule has 0 saturated heterocycles. The van der Waals surface area contributed by atoms with E-state index in [2.05, 4.69) is 10.6 Å². The Morgan fingerprint density at radius 2 is 1.62 bits per heavy atom. The standard InChI is InChI=1S/C23H28N2O6S/c1-29-14-13-25-22(27)16-32-20-6-4-3-5-19(20)23(28)31-15-21(26)24-12-11-17-7-9-18(30-2)10-8-17/h3-10H,11-16H2,1-2H3,(H,24,26)(H,25,27). The zero-order valence-corrected chi connectivity index (χ0v) is 19.0. The molecule has 0 spiro atoms. The van der Waals surface area contributed by atoms with E-state index in [0.29, 0.717) is 36.6 Å². The summed E-state index contributed by atoms with van der Waals surface area (Å²) in [5, 5.41) is 5.45. The highest BCUT2D eigenvalue weighted by molar-refractivity contribution is 8.00. The molecule has 0 aliphatic heterocycles. The van der Waals surface area contributed by atoms with Gasteiger partial charge in [-0.15, -0.1) is 11.8 Å². The van der Waals surface area contributed by atoms with E-state index in [1.807, 2.05) is 24.3 Å². The normalized spacial score (nSPS) is 10.3. The highest BCUT2D eigenvalue weighted by Crippen LogP contribution is 2.23. The molecule has 0 fully saturated rings. The molecule has 172 valence electrons. The third-order valence-electron chi connectivity index (χ3n) is 4.32. The quantitative estimate of drug-likeness (QED) is 0.268. The molecular weight excluding hydrogens is 432 g/mol. The van der Waals surface area contributed by atoms with Crippen molar-refractivity contribution in [1.82, 2.24) is 10.6 Å². The Kier molecular flexibility index (Phi) is 11.1. The summed E-state index contributed by atoms with van der Waals surface area (Å²) in [6.45, 7) is 0.903. The maximum absolute atomic E-state index is 12.4. The minimum atomic E-state index is -0.613. The molecule has 0 aromatic heterocycles. The van der Waals surface area contributed by atoms with E-state index in [4.69, 9.17) is 14.2 Å². The van der Waals surface area contributed by atoms with Gasteiger partial charge in [0, 0.05) is 25.1 Å². The molecule has 0 bridgehead atoms. The van der Waals surface area contributed by atoms with Crippen LogP contribution in [-0.4, -0.2) is 64.1 Å². The Morgan fingerprint density at radius 3 is 2.34 bits per heavy atom. The summed E-state index contributed by atoms with van der Waals surface area (Å²) in [6, 6.07) is 14.4. The van der Waals surface area contributed by atoms with Gasteiger partial charge in [-0.05, 0) is 36.2 Å². The summed E-state index contributed by atoms with van der Waals surface area (Å²) in [6.07, 6.45) is 0.648. The van der Waals surface area contributed by atoms with Crippen molar-refractivity contribution in [2.45, 2.75) is 11.3 Å². The fourth-order valence-corrected chi connectivity index (χ4v) is 3.52. The highest BCUT2D eigenvalue weighted by Gasteiger charge is 2.15. The first-order chi connectivity index (χ1) is 15.5. The minimum absolute atomic E-state index is 0.153. The number of amides is 2. The van der Waals surface area contributed by atoms with Gasteiger partial charge in [-0.25, -0.2) is 4.79 Å². The van der Waals surface area contributed by atoms with Gasteiger partial charge in [0.05, 0.1) is 25.0 Å². The molecule has 2 N–H and O–H groups in total. The molecule has 2 rings (SSSR count). The summed E-state index contributed by atoms with van der Waals surface area (Å²) in [7, 11) is 3.17. The largest absolute Gasteiger partial charge is 0.497 e. The van der Waals surface area contributed by atoms with E-state index < -0.39 is 5.97 Å². The first-order valence-electron chi connectivity index (χ1n) is 10.1. The lowest BCUT2D eigenvalue weighted by Gasteiger charge is -2.10. The third kappa shape index (κ3) is 8.99. The van der Waals surface area contributed by atoms with Crippen LogP contribution in [0.4, 0.5) is 0 Å². The van der Waals surface area contributed by atoms with Crippen molar-refractivity contribution < 1.29 is 28.6 Å². The number of thioether (sulfide) groups is 1. The van der Waals surface area contributed by atoms with Crippen LogP contribution in [0.5, 0.6) is 5.75 Å². The SMILES string of the molecule is COCCNC(=O)CSc1ccccc1C(=O)OCC(=O)NCCc1ccc(OC)cc1. The van der Waals surface area contributed by atoms with Crippen LogP contribution >= 0.6 is 11.8 Å².